The Hall–Kier alpha value is -1.02. The molecule has 1 aromatic carbocycles. The minimum Gasteiger partial charge on any atom is -0.424 e. The molecule has 11 heavy (non-hydrogen) atoms. The van der Waals surface area contributed by atoms with E-state index >= 15 is 0 Å². The highest BCUT2D eigenvalue weighted by Crippen LogP contribution is 1.99. The molecule has 0 atom stereocenters. The molecule has 0 spiro atoms. The summed E-state index contributed by atoms with van der Waals surface area (Å²) in [5.74, 6) is 2.09. The summed E-state index contributed by atoms with van der Waals surface area (Å²) >= 11 is 0. The van der Waals surface area contributed by atoms with Crippen molar-refractivity contribution in [3.05, 3.63) is 42.4 Å². The zero-order chi connectivity index (χ0) is 7.52. The second kappa shape index (κ2) is 2.93. The topological polar surface area (TPSA) is 9.23 Å². The molecule has 1 aromatic rings. The molecular formula is C9H9BO. The van der Waals surface area contributed by atoms with Crippen molar-refractivity contribution >= 4 is 12.4 Å². The Labute approximate surface area is 66.8 Å². The molecule has 0 amide bonds. The Balaban J connectivity index is 2.23. The third kappa shape index (κ3) is 1.36. The first-order valence-electron chi connectivity index (χ1n) is 3.80. The fourth-order valence-corrected chi connectivity index (χ4v) is 1.24. The maximum atomic E-state index is 5.43. The Kier molecular flexibility index (Phi) is 1.78. The van der Waals surface area contributed by atoms with Crippen molar-refractivity contribution in [3.8, 4) is 0 Å². The molecule has 0 radical (unpaired) electrons. The smallest absolute Gasteiger partial charge is 0.354 e. The zero-order valence-corrected chi connectivity index (χ0v) is 6.23. The minimum atomic E-state index is 0.191. The van der Waals surface area contributed by atoms with Gasteiger partial charge in [0.05, 0.1) is 0 Å². The monoisotopic (exact) mass is 144 g/mol. The Morgan fingerprint density at radius 3 is 2.64 bits per heavy atom. The first-order valence-corrected chi connectivity index (χ1v) is 3.80. The van der Waals surface area contributed by atoms with E-state index in [1.54, 1.807) is 0 Å². The van der Waals surface area contributed by atoms with Crippen molar-refractivity contribution in [2.75, 3.05) is 6.61 Å². The second-order valence-electron chi connectivity index (χ2n) is 2.59. The van der Waals surface area contributed by atoms with Gasteiger partial charge in [-0.3, -0.25) is 0 Å². The molecule has 0 aromatic heterocycles. The number of benzene rings is 1. The average molecular weight is 144 g/mol. The van der Waals surface area contributed by atoms with E-state index in [1.165, 1.54) is 5.46 Å². The van der Waals surface area contributed by atoms with Gasteiger partial charge in [0.2, 0.25) is 0 Å². The van der Waals surface area contributed by atoms with Gasteiger partial charge in [-0.05, 0) is 5.46 Å². The lowest BCUT2D eigenvalue weighted by Crippen LogP contribution is -2.28. The largest absolute Gasteiger partial charge is 0.424 e. The van der Waals surface area contributed by atoms with E-state index in [0.717, 1.165) is 6.61 Å². The van der Waals surface area contributed by atoms with Gasteiger partial charge < -0.3 is 4.65 Å². The zero-order valence-electron chi connectivity index (χ0n) is 6.23. The lowest BCUT2D eigenvalue weighted by atomic mass is 9.62. The van der Waals surface area contributed by atoms with Crippen LogP contribution < -0.4 is 5.46 Å². The van der Waals surface area contributed by atoms with Gasteiger partial charge in [0.15, 0.2) is 0 Å². The van der Waals surface area contributed by atoms with Crippen LogP contribution in [-0.2, 0) is 4.65 Å². The second-order valence-corrected chi connectivity index (χ2v) is 2.59. The van der Waals surface area contributed by atoms with Gasteiger partial charge in [0.1, 0.15) is 0 Å². The Morgan fingerprint density at radius 2 is 2.00 bits per heavy atom. The van der Waals surface area contributed by atoms with Gasteiger partial charge in [-0.1, -0.05) is 42.4 Å². The van der Waals surface area contributed by atoms with E-state index in [1.807, 2.05) is 18.2 Å². The van der Waals surface area contributed by atoms with Gasteiger partial charge in [0.25, 0.3) is 0 Å². The molecule has 0 N–H and O–H groups in total. The maximum Gasteiger partial charge on any atom is 0.354 e. The van der Waals surface area contributed by atoms with Crippen molar-refractivity contribution in [3.63, 3.8) is 0 Å². The molecule has 1 aliphatic heterocycles. The van der Waals surface area contributed by atoms with Crippen LogP contribution in [0.4, 0.5) is 0 Å². The normalized spacial score (nSPS) is 15.8. The highest BCUT2D eigenvalue weighted by molar-refractivity contribution is 6.72. The average Bonchev–Trinajstić information content (AvgIpc) is 2.58. The number of hydrogen-bond donors (Lipinski definition) is 0. The van der Waals surface area contributed by atoms with E-state index in [9.17, 15) is 0 Å². The number of rotatable bonds is 1. The first kappa shape index (κ1) is 6.68. The standard InChI is InChI=1S/C9H9BO/c1-2-5-9(6-3-1)10-7-4-8-11-10/h1-7H,8H2. The summed E-state index contributed by atoms with van der Waals surface area (Å²) in [5, 5.41) is 0. The fraction of sp³-hybridized carbons (Fsp3) is 0.111. The summed E-state index contributed by atoms with van der Waals surface area (Å²) < 4.78 is 5.43. The Bertz CT molecular complexity index is 256. The lowest BCUT2D eigenvalue weighted by Gasteiger charge is -2.02. The van der Waals surface area contributed by atoms with Gasteiger partial charge in [-0.2, -0.15) is 0 Å². The maximum absolute atomic E-state index is 5.43. The summed E-state index contributed by atoms with van der Waals surface area (Å²) in [5.41, 5.74) is 1.24. The summed E-state index contributed by atoms with van der Waals surface area (Å²) in [6.45, 7) is 0.940. The third-order valence-electron chi connectivity index (χ3n) is 1.81. The molecule has 2 rings (SSSR count). The molecule has 0 saturated carbocycles. The van der Waals surface area contributed by atoms with Crippen molar-refractivity contribution in [1.29, 1.82) is 0 Å². The number of hydrogen-bond acceptors (Lipinski definition) is 1. The van der Waals surface area contributed by atoms with Crippen LogP contribution in [-0.4, -0.2) is 13.5 Å². The highest BCUT2D eigenvalue weighted by Gasteiger charge is 2.16. The molecule has 1 aliphatic rings. The van der Waals surface area contributed by atoms with Crippen molar-refractivity contribution in [2.24, 2.45) is 0 Å². The van der Waals surface area contributed by atoms with Gasteiger partial charge in [-0.25, -0.2) is 0 Å². The van der Waals surface area contributed by atoms with Crippen LogP contribution in [0.15, 0.2) is 42.4 Å². The van der Waals surface area contributed by atoms with Gasteiger partial charge in [0, 0.05) is 6.61 Å². The Morgan fingerprint density at radius 1 is 1.18 bits per heavy atom. The van der Waals surface area contributed by atoms with Crippen LogP contribution in [0, 0.1) is 0 Å². The van der Waals surface area contributed by atoms with E-state index in [4.69, 9.17) is 4.65 Å². The SMILES string of the molecule is C1=CB(c2ccccc2)OC1. The molecular weight excluding hydrogens is 135 g/mol. The van der Waals surface area contributed by atoms with Crippen LogP contribution >= 0.6 is 0 Å². The fourth-order valence-electron chi connectivity index (χ4n) is 1.24. The molecule has 0 fully saturated rings. The van der Waals surface area contributed by atoms with Crippen LogP contribution in [0.1, 0.15) is 0 Å². The predicted molar refractivity (Wildman–Crippen MR) is 46.9 cm³/mol. The molecule has 1 heterocycles. The summed E-state index contributed by atoms with van der Waals surface area (Å²) in [6, 6.07) is 10.2. The molecule has 2 heteroatoms. The van der Waals surface area contributed by atoms with Crippen LogP contribution in [0.2, 0.25) is 0 Å². The molecule has 0 unspecified atom stereocenters. The van der Waals surface area contributed by atoms with Crippen molar-refractivity contribution in [1.82, 2.24) is 0 Å². The molecule has 0 bridgehead atoms. The van der Waals surface area contributed by atoms with Crippen LogP contribution in [0.25, 0.3) is 0 Å². The molecule has 0 aliphatic carbocycles. The van der Waals surface area contributed by atoms with Crippen molar-refractivity contribution < 1.29 is 4.65 Å². The molecule has 1 nitrogen and oxygen atoms in total. The highest BCUT2D eigenvalue weighted by atomic mass is 16.4. The lowest BCUT2D eigenvalue weighted by molar-refractivity contribution is 0.394. The summed E-state index contributed by atoms with van der Waals surface area (Å²) in [6.07, 6.45) is 2.05. The van der Waals surface area contributed by atoms with E-state index < -0.39 is 0 Å². The van der Waals surface area contributed by atoms with Crippen LogP contribution in [0.5, 0.6) is 0 Å². The van der Waals surface area contributed by atoms with E-state index in [0.29, 0.717) is 0 Å². The quantitative estimate of drug-likeness (QED) is 0.534. The summed E-state index contributed by atoms with van der Waals surface area (Å²) in [4.78, 5) is 0. The molecule has 54 valence electrons. The van der Waals surface area contributed by atoms with E-state index in [-0.39, 0.29) is 6.92 Å². The first-order chi connectivity index (χ1) is 5.47. The van der Waals surface area contributed by atoms with Gasteiger partial charge in [-0.15, -0.1) is 0 Å². The minimum absolute atomic E-state index is 0.191. The van der Waals surface area contributed by atoms with Crippen molar-refractivity contribution in [2.45, 2.75) is 0 Å². The predicted octanol–water partition coefficient (Wildman–Crippen LogP) is 1.01. The summed E-state index contributed by atoms with van der Waals surface area (Å²) in [7, 11) is 0. The molecule has 0 saturated heterocycles. The van der Waals surface area contributed by atoms with Crippen LogP contribution in [0.3, 0.4) is 0 Å². The van der Waals surface area contributed by atoms with Gasteiger partial charge >= 0.3 is 6.92 Å². The third-order valence-corrected chi connectivity index (χ3v) is 1.81. The van der Waals surface area contributed by atoms with E-state index in [2.05, 4.69) is 24.2 Å².